The number of nitriles is 2. The number of hydrogen-bond acceptors (Lipinski definition) is 3. The van der Waals surface area contributed by atoms with Gasteiger partial charge in [-0.2, -0.15) is 10.5 Å². The van der Waals surface area contributed by atoms with Gasteiger partial charge in [0.15, 0.2) is 0 Å². The molecule has 0 radical (unpaired) electrons. The summed E-state index contributed by atoms with van der Waals surface area (Å²) in [5.41, 5.74) is 1.67. The SMILES string of the molecule is C[C@H]1CC(C)(C)C[C@@]1(C#N)Nc1ccc(CC#N)cc1. The molecule has 0 heterocycles. The molecule has 0 aliphatic heterocycles. The van der Waals surface area contributed by atoms with Crippen LogP contribution in [0.25, 0.3) is 0 Å². The molecule has 20 heavy (non-hydrogen) atoms. The molecule has 0 aromatic heterocycles. The fourth-order valence-electron chi connectivity index (χ4n) is 3.40. The van der Waals surface area contributed by atoms with Crippen LogP contribution in [0.5, 0.6) is 0 Å². The van der Waals surface area contributed by atoms with Crippen molar-refractivity contribution < 1.29 is 0 Å². The fraction of sp³-hybridized carbons (Fsp3) is 0.529. The minimum absolute atomic E-state index is 0.197. The Morgan fingerprint density at radius 3 is 2.35 bits per heavy atom. The van der Waals surface area contributed by atoms with Gasteiger partial charge in [-0.15, -0.1) is 0 Å². The highest BCUT2D eigenvalue weighted by Crippen LogP contribution is 2.48. The van der Waals surface area contributed by atoms with Crippen LogP contribution in [-0.2, 0) is 6.42 Å². The third-order valence-electron chi connectivity index (χ3n) is 4.26. The predicted molar refractivity (Wildman–Crippen MR) is 79.9 cm³/mol. The van der Waals surface area contributed by atoms with E-state index in [9.17, 15) is 5.26 Å². The van der Waals surface area contributed by atoms with Crippen LogP contribution in [0.1, 0.15) is 39.2 Å². The van der Waals surface area contributed by atoms with Gasteiger partial charge in [0.05, 0.1) is 18.6 Å². The van der Waals surface area contributed by atoms with E-state index < -0.39 is 5.54 Å². The fourth-order valence-corrected chi connectivity index (χ4v) is 3.40. The lowest BCUT2D eigenvalue weighted by Crippen LogP contribution is -2.39. The van der Waals surface area contributed by atoms with Gasteiger partial charge in [-0.05, 0) is 41.9 Å². The quantitative estimate of drug-likeness (QED) is 0.904. The highest BCUT2D eigenvalue weighted by atomic mass is 15.0. The zero-order chi connectivity index (χ0) is 14.8. The van der Waals surface area contributed by atoms with Crippen LogP contribution >= 0.6 is 0 Å². The molecule has 3 heteroatoms. The van der Waals surface area contributed by atoms with Gasteiger partial charge in [0.2, 0.25) is 0 Å². The van der Waals surface area contributed by atoms with Gasteiger partial charge in [0.1, 0.15) is 5.54 Å². The Morgan fingerprint density at radius 2 is 1.90 bits per heavy atom. The molecular formula is C17H21N3. The first-order chi connectivity index (χ1) is 9.41. The molecule has 104 valence electrons. The molecule has 1 aromatic rings. The summed E-state index contributed by atoms with van der Waals surface area (Å²) in [4.78, 5) is 0. The third-order valence-corrected chi connectivity index (χ3v) is 4.26. The van der Waals surface area contributed by atoms with E-state index in [1.54, 1.807) is 0 Å². The molecule has 2 atom stereocenters. The van der Waals surface area contributed by atoms with Crippen LogP contribution in [0.15, 0.2) is 24.3 Å². The molecule has 1 N–H and O–H groups in total. The Kier molecular flexibility index (Phi) is 3.73. The lowest BCUT2D eigenvalue weighted by molar-refractivity contribution is 0.363. The van der Waals surface area contributed by atoms with Gasteiger partial charge in [-0.25, -0.2) is 0 Å². The number of hydrogen-bond donors (Lipinski definition) is 1. The maximum atomic E-state index is 9.66. The van der Waals surface area contributed by atoms with Gasteiger partial charge < -0.3 is 5.32 Å². The number of anilines is 1. The van der Waals surface area contributed by atoms with E-state index in [2.05, 4.69) is 38.2 Å². The molecule has 1 aliphatic carbocycles. The Hall–Kier alpha value is -2.00. The molecule has 3 nitrogen and oxygen atoms in total. The van der Waals surface area contributed by atoms with Crippen LogP contribution in [0.4, 0.5) is 5.69 Å². The van der Waals surface area contributed by atoms with E-state index in [1.807, 2.05) is 24.3 Å². The van der Waals surface area contributed by atoms with E-state index in [0.717, 1.165) is 24.1 Å². The zero-order valence-electron chi connectivity index (χ0n) is 12.4. The molecule has 1 aromatic carbocycles. The number of rotatable bonds is 3. The second-order valence-corrected chi connectivity index (χ2v) is 6.69. The van der Waals surface area contributed by atoms with Gasteiger partial charge in [0, 0.05) is 5.69 Å². The summed E-state index contributed by atoms with van der Waals surface area (Å²) in [6.07, 6.45) is 2.34. The molecule has 0 amide bonds. The highest BCUT2D eigenvalue weighted by Gasteiger charge is 2.49. The van der Waals surface area contributed by atoms with Crippen molar-refractivity contribution in [3.05, 3.63) is 29.8 Å². The number of nitrogens with zero attached hydrogens (tertiary/aromatic N) is 2. The van der Waals surface area contributed by atoms with E-state index in [4.69, 9.17) is 5.26 Å². The van der Waals surface area contributed by atoms with Crippen molar-refractivity contribution in [2.75, 3.05) is 5.32 Å². The molecule has 0 bridgehead atoms. The average molecular weight is 267 g/mol. The van der Waals surface area contributed by atoms with Crippen molar-refractivity contribution in [2.24, 2.45) is 11.3 Å². The summed E-state index contributed by atoms with van der Waals surface area (Å²) in [6.45, 7) is 6.59. The number of benzene rings is 1. The van der Waals surface area contributed by atoms with Crippen LogP contribution in [-0.4, -0.2) is 5.54 Å². The van der Waals surface area contributed by atoms with Crippen LogP contribution in [0.2, 0.25) is 0 Å². The summed E-state index contributed by atoms with van der Waals surface area (Å²) in [6, 6.07) is 12.5. The van der Waals surface area contributed by atoms with Crippen molar-refractivity contribution in [3.63, 3.8) is 0 Å². The van der Waals surface area contributed by atoms with Crippen LogP contribution in [0, 0.1) is 34.0 Å². The standard InChI is InChI=1S/C17H21N3/c1-13-10-16(2,3)11-17(13,12-19)20-15-6-4-14(5-7-15)8-9-18/h4-7,13,20H,8,10-11H2,1-3H3/t13-,17-/m0/s1. The van der Waals surface area contributed by atoms with Crippen molar-refractivity contribution in [2.45, 2.75) is 45.6 Å². The molecular weight excluding hydrogens is 246 g/mol. The lowest BCUT2D eigenvalue weighted by Gasteiger charge is -2.29. The van der Waals surface area contributed by atoms with Gasteiger partial charge in [0.25, 0.3) is 0 Å². The number of nitrogens with one attached hydrogen (secondary N) is 1. The second-order valence-electron chi connectivity index (χ2n) is 6.69. The summed E-state index contributed by atoms with van der Waals surface area (Å²) in [5, 5.41) is 21.8. The molecule has 0 spiro atoms. The minimum Gasteiger partial charge on any atom is -0.367 e. The summed E-state index contributed by atoms with van der Waals surface area (Å²) in [5.74, 6) is 0.321. The van der Waals surface area contributed by atoms with Crippen molar-refractivity contribution in [3.8, 4) is 12.1 Å². The minimum atomic E-state index is -0.486. The molecule has 1 aliphatic rings. The predicted octanol–water partition coefficient (Wildman–Crippen LogP) is 3.88. The summed E-state index contributed by atoms with van der Waals surface area (Å²) in [7, 11) is 0. The van der Waals surface area contributed by atoms with Crippen LogP contribution < -0.4 is 5.32 Å². The third kappa shape index (κ3) is 2.78. The van der Waals surface area contributed by atoms with Crippen molar-refractivity contribution in [1.82, 2.24) is 0 Å². The van der Waals surface area contributed by atoms with Crippen molar-refractivity contribution >= 4 is 5.69 Å². The van der Waals surface area contributed by atoms with Gasteiger partial charge >= 0.3 is 0 Å². The van der Waals surface area contributed by atoms with Crippen LogP contribution in [0.3, 0.4) is 0 Å². The lowest BCUT2D eigenvalue weighted by atomic mass is 9.87. The smallest absolute Gasteiger partial charge is 0.128 e. The normalized spacial score (nSPS) is 27.6. The Bertz CT molecular complexity index is 559. The molecule has 1 saturated carbocycles. The van der Waals surface area contributed by atoms with Gasteiger partial charge in [-0.3, -0.25) is 0 Å². The largest absolute Gasteiger partial charge is 0.367 e. The van der Waals surface area contributed by atoms with E-state index in [0.29, 0.717) is 12.3 Å². The Balaban J connectivity index is 2.19. The van der Waals surface area contributed by atoms with Gasteiger partial charge in [-0.1, -0.05) is 32.9 Å². The topological polar surface area (TPSA) is 59.6 Å². The highest BCUT2D eigenvalue weighted by molar-refractivity contribution is 5.50. The molecule has 2 rings (SSSR count). The second kappa shape index (κ2) is 5.17. The molecule has 0 saturated heterocycles. The maximum absolute atomic E-state index is 9.66. The zero-order valence-corrected chi connectivity index (χ0v) is 12.4. The Labute approximate surface area is 121 Å². The summed E-state index contributed by atoms with van der Waals surface area (Å²) < 4.78 is 0. The van der Waals surface area contributed by atoms with E-state index in [-0.39, 0.29) is 5.41 Å². The average Bonchev–Trinajstić information content (AvgIpc) is 2.62. The maximum Gasteiger partial charge on any atom is 0.128 e. The van der Waals surface area contributed by atoms with E-state index >= 15 is 0 Å². The molecule has 0 unspecified atom stereocenters. The first kappa shape index (κ1) is 14.4. The first-order valence-electron chi connectivity index (χ1n) is 7.06. The first-order valence-corrected chi connectivity index (χ1v) is 7.06. The monoisotopic (exact) mass is 267 g/mol. The van der Waals surface area contributed by atoms with Crippen molar-refractivity contribution in [1.29, 1.82) is 10.5 Å². The Morgan fingerprint density at radius 1 is 1.25 bits per heavy atom. The summed E-state index contributed by atoms with van der Waals surface area (Å²) >= 11 is 0. The molecule has 1 fully saturated rings. The van der Waals surface area contributed by atoms with E-state index in [1.165, 1.54) is 0 Å².